The van der Waals surface area contributed by atoms with E-state index in [0.29, 0.717) is 13.2 Å². The van der Waals surface area contributed by atoms with Crippen molar-refractivity contribution in [2.24, 2.45) is 16.6 Å². The Morgan fingerprint density at radius 3 is 2.06 bits per heavy atom. The van der Waals surface area contributed by atoms with Crippen LogP contribution in [0.1, 0.15) is 31.4 Å². The summed E-state index contributed by atoms with van der Waals surface area (Å²) in [4.78, 5) is 16.0. The van der Waals surface area contributed by atoms with Crippen molar-refractivity contribution >= 4 is 23.9 Å². The van der Waals surface area contributed by atoms with E-state index in [4.69, 9.17) is 26.1 Å². The highest BCUT2D eigenvalue weighted by Crippen LogP contribution is 2.14. The van der Waals surface area contributed by atoms with Gasteiger partial charge in [0.05, 0.1) is 6.61 Å². The molecule has 0 aliphatic carbocycles. The fourth-order valence-corrected chi connectivity index (χ4v) is 2.49. The van der Waals surface area contributed by atoms with Crippen LogP contribution in [0.2, 0.25) is 0 Å². The molecule has 0 aliphatic rings. The van der Waals surface area contributed by atoms with Crippen LogP contribution in [0.25, 0.3) is 0 Å². The van der Waals surface area contributed by atoms with Gasteiger partial charge in [-0.3, -0.25) is 4.79 Å². The number of nitrogens with zero attached hydrogens (tertiary/aromatic N) is 1. The van der Waals surface area contributed by atoms with Gasteiger partial charge in [-0.25, -0.2) is 4.72 Å². The van der Waals surface area contributed by atoms with Gasteiger partial charge in [-0.15, -0.1) is 0 Å². The molecule has 2 rings (SSSR count). The number of oxime groups is 1. The Kier molecular flexibility index (Phi) is 16.2. The number of ether oxygens (including phenoxy) is 1. The van der Waals surface area contributed by atoms with Crippen LogP contribution < -0.4 is 20.9 Å². The van der Waals surface area contributed by atoms with Crippen molar-refractivity contribution in [3.05, 3.63) is 59.7 Å². The molecule has 0 aliphatic heterocycles. The van der Waals surface area contributed by atoms with Gasteiger partial charge in [0, 0.05) is 11.3 Å². The van der Waals surface area contributed by atoms with Crippen LogP contribution in [-0.4, -0.2) is 36.8 Å². The predicted octanol–water partition coefficient (Wildman–Crippen LogP) is 3.67. The lowest BCUT2D eigenvalue weighted by atomic mass is 10.2. The Hall–Kier alpha value is -2.91. The first-order chi connectivity index (χ1) is 14.9. The van der Waals surface area contributed by atoms with Crippen LogP contribution >= 0.6 is 11.9 Å². The number of aliphatic carboxylic acids is 1. The van der Waals surface area contributed by atoms with Gasteiger partial charge in [0.1, 0.15) is 18.9 Å². The first kappa shape index (κ1) is 28.1. The molecule has 0 unspecified atom stereocenters. The van der Waals surface area contributed by atoms with Crippen LogP contribution in [0, 0.1) is 13.8 Å². The number of nitrogens with two attached hydrogens (primary N) is 2. The van der Waals surface area contributed by atoms with Crippen molar-refractivity contribution in [3.8, 4) is 5.75 Å². The van der Waals surface area contributed by atoms with Crippen molar-refractivity contribution in [2.45, 2.75) is 39.0 Å². The predicted molar refractivity (Wildman–Crippen MR) is 127 cm³/mol. The van der Waals surface area contributed by atoms with E-state index in [1.165, 1.54) is 23.1 Å². The average molecular weight is 451 g/mol. The Labute approximate surface area is 189 Å². The number of rotatable bonds is 10. The zero-order valence-electron chi connectivity index (χ0n) is 18.6. The van der Waals surface area contributed by atoms with Crippen LogP contribution in [0.4, 0.5) is 0 Å². The average Bonchev–Trinajstić information content (AvgIpc) is 2.75. The molecular formula is C22H34N4O4S. The number of carbonyl (C=O) groups is 1. The highest BCUT2D eigenvalue weighted by molar-refractivity contribution is 7.97. The minimum atomic E-state index is -0.848. The van der Waals surface area contributed by atoms with E-state index in [9.17, 15) is 4.79 Å². The number of hydrogen-bond donors (Lipinski definition) is 4. The molecule has 0 spiro atoms. The number of nitrogens with one attached hydrogen (secondary N) is 1. The van der Waals surface area contributed by atoms with E-state index in [2.05, 4.69) is 9.88 Å². The van der Waals surface area contributed by atoms with Crippen LogP contribution in [0.3, 0.4) is 0 Å². The molecule has 0 aromatic heterocycles. The summed E-state index contributed by atoms with van der Waals surface area (Å²) in [6.07, 6.45) is 0.727. The Morgan fingerprint density at radius 2 is 1.55 bits per heavy atom. The second-order valence-electron chi connectivity index (χ2n) is 5.99. The second-order valence-corrected chi connectivity index (χ2v) is 6.96. The first-order valence-electron chi connectivity index (χ1n) is 9.95. The van der Waals surface area contributed by atoms with Gasteiger partial charge in [-0.1, -0.05) is 49.2 Å². The minimum absolute atomic E-state index is 0.0292. The van der Waals surface area contributed by atoms with Crippen LogP contribution in [-0.2, 0) is 9.63 Å². The third kappa shape index (κ3) is 16.6. The standard InChI is InChI=1S/C11H17N3O2.C9H11NO2S.C2H6/c1-9-3-5-10(6-4-9)15-7-2-8-16-14-11(12)13;1-7-2-4-8(5-3-7)13-10-6-9(11)12;1-2/h3-6H,2,7-8H2,1H3,(H4,12,13,14);2-5,10H,6H2,1H3,(H,11,12);1-2H3. The molecule has 172 valence electrons. The summed E-state index contributed by atoms with van der Waals surface area (Å²) in [7, 11) is 0. The van der Waals surface area contributed by atoms with E-state index in [1.54, 1.807) is 0 Å². The quantitative estimate of drug-likeness (QED) is 0.142. The second kappa shape index (κ2) is 17.9. The van der Waals surface area contributed by atoms with Crippen molar-refractivity contribution in [1.29, 1.82) is 0 Å². The molecular weight excluding hydrogens is 416 g/mol. The minimum Gasteiger partial charge on any atom is -0.493 e. The van der Waals surface area contributed by atoms with Crippen molar-refractivity contribution in [3.63, 3.8) is 0 Å². The molecule has 8 nitrogen and oxygen atoms in total. The van der Waals surface area contributed by atoms with Gasteiger partial charge in [-0.2, -0.15) is 0 Å². The zero-order valence-corrected chi connectivity index (χ0v) is 19.4. The van der Waals surface area contributed by atoms with Crippen LogP contribution in [0.5, 0.6) is 5.75 Å². The molecule has 0 bridgehead atoms. The number of aryl methyl sites for hydroxylation is 2. The third-order valence-electron chi connectivity index (χ3n) is 3.27. The van der Waals surface area contributed by atoms with E-state index in [-0.39, 0.29) is 12.5 Å². The molecule has 0 amide bonds. The van der Waals surface area contributed by atoms with E-state index in [0.717, 1.165) is 17.1 Å². The first-order valence-corrected chi connectivity index (χ1v) is 10.8. The van der Waals surface area contributed by atoms with E-state index >= 15 is 0 Å². The number of guanidine groups is 1. The summed E-state index contributed by atoms with van der Waals surface area (Å²) in [5.41, 5.74) is 12.6. The van der Waals surface area contributed by atoms with Gasteiger partial charge >= 0.3 is 5.97 Å². The van der Waals surface area contributed by atoms with Gasteiger partial charge in [0.25, 0.3) is 0 Å². The summed E-state index contributed by atoms with van der Waals surface area (Å²) in [6.45, 7) is 9.03. The summed E-state index contributed by atoms with van der Waals surface area (Å²) in [6, 6.07) is 15.8. The normalized spacial score (nSPS) is 9.29. The maximum Gasteiger partial charge on any atom is 0.318 e. The largest absolute Gasteiger partial charge is 0.493 e. The molecule has 0 fully saturated rings. The maximum atomic E-state index is 10.2. The van der Waals surface area contributed by atoms with Gasteiger partial charge in [0.15, 0.2) is 0 Å². The molecule has 0 saturated carbocycles. The van der Waals surface area contributed by atoms with Gasteiger partial charge in [0.2, 0.25) is 5.96 Å². The smallest absolute Gasteiger partial charge is 0.318 e. The SMILES string of the molecule is CC.Cc1ccc(OCCCON=C(N)N)cc1.Cc1ccc(SNCC(=O)O)cc1. The van der Waals surface area contributed by atoms with Crippen molar-refractivity contribution in [2.75, 3.05) is 19.8 Å². The molecule has 9 heteroatoms. The summed E-state index contributed by atoms with van der Waals surface area (Å²) >= 11 is 1.33. The number of hydrogen-bond acceptors (Lipinski definition) is 6. The lowest BCUT2D eigenvalue weighted by Gasteiger charge is -2.05. The third-order valence-corrected chi connectivity index (χ3v) is 4.07. The molecule has 0 saturated heterocycles. The molecule has 2 aromatic carbocycles. The van der Waals surface area contributed by atoms with Crippen molar-refractivity contribution < 1.29 is 19.5 Å². The number of carboxylic acids is 1. The summed E-state index contributed by atoms with van der Waals surface area (Å²) in [5.74, 6) is -0.0634. The lowest BCUT2D eigenvalue weighted by Crippen LogP contribution is -2.23. The zero-order chi connectivity index (χ0) is 23.5. The molecule has 0 atom stereocenters. The molecule has 0 heterocycles. The molecule has 31 heavy (non-hydrogen) atoms. The van der Waals surface area contributed by atoms with Crippen molar-refractivity contribution in [1.82, 2.24) is 4.72 Å². The van der Waals surface area contributed by atoms with E-state index < -0.39 is 5.97 Å². The molecule has 6 N–H and O–H groups in total. The monoisotopic (exact) mass is 450 g/mol. The summed E-state index contributed by atoms with van der Waals surface area (Å²) < 4.78 is 8.21. The molecule has 2 aromatic rings. The van der Waals surface area contributed by atoms with Gasteiger partial charge in [-0.05, 0) is 55.2 Å². The van der Waals surface area contributed by atoms with Crippen LogP contribution in [0.15, 0.2) is 58.6 Å². The fourth-order valence-electron chi connectivity index (χ4n) is 1.86. The van der Waals surface area contributed by atoms with E-state index in [1.807, 2.05) is 76.2 Å². The van der Waals surface area contributed by atoms with Gasteiger partial charge < -0.3 is 26.1 Å². The lowest BCUT2D eigenvalue weighted by molar-refractivity contribution is -0.135. The highest BCUT2D eigenvalue weighted by atomic mass is 32.2. The topological polar surface area (TPSA) is 132 Å². The maximum absolute atomic E-state index is 10.2. The fraction of sp³-hybridized carbons (Fsp3) is 0.364. The highest BCUT2D eigenvalue weighted by Gasteiger charge is 1.97. The number of benzene rings is 2. The Balaban J connectivity index is 0.000000547. The Bertz CT molecular complexity index is 749. The molecule has 0 radical (unpaired) electrons. The Morgan fingerprint density at radius 1 is 1.00 bits per heavy atom. The number of carboxylic acid groups (broad SMARTS) is 1. The summed E-state index contributed by atoms with van der Waals surface area (Å²) in [5, 5.41) is 11.8.